The van der Waals surface area contributed by atoms with Crippen molar-refractivity contribution in [3.05, 3.63) is 21.4 Å². The molecule has 1 aromatic rings. The predicted molar refractivity (Wildman–Crippen MR) is 71.7 cm³/mol. The molecule has 1 rings (SSSR count). The SMILES string of the molecule is Cc1cc(C(=O)N(CCCO)C(C)C)c(C)s1. The molecule has 0 atom stereocenters. The van der Waals surface area contributed by atoms with E-state index in [-0.39, 0.29) is 18.6 Å². The van der Waals surface area contributed by atoms with Crippen molar-refractivity contribution < 1.29 is 9.90 Å². The molecule has 1 aromatic heterocycles. The van der Waals surface area contributed by atoms with E-state index in [0.717, 1.165) is 15.3 Å². The molecule has 17 heavy (non-hydrogen) atoms. The normalized spacial score (nSPS) is 10.9. The summed E-state index contributed by atoms with van der Waals surface area (Å²) in [5.74, 6) is 0.0790. The fourth-order valence-electron chi connectivity index (χ4n) is 1.83. The maximum atomic E-state index is 12.4. The van der Waals surface area contributed by atoms with Gasteiger partial charge >= 0.3 is 0 Å². The lowest BCUT2D eigenvalue weighted by molar-refractivity contribution is 0.0693. The van der Waals surface area contributed by atoms with Gasteiger partial charge in [-0.2, -0.15) is 0 Å². The average molecular weight is 255 g/mol. The Morgan fingerprint density at radius 3 is 2.53 bits per heavy atom. The topological polar surface area (TPSA) is 40.5 Å². The molecule has 0 fully saturated rings. The van der Waals surface area contributed by atoms with Gasteiger partial charge in [0.25, 0.3) is 5.91 Å². The van der Waals surface area contributed by atoms with Gasteiger partial charge in [-0.25, -0.2) is 0 Å². The molecule has 0 saturated carbocycles. The van der Waals surface area contributed by atoms with E-state index in [4.69, 9.17) is 5.11 Å². The number of aliphatic hydroxyl groups is 1. The second-order valence-corrected chi connectivity index (χ2v) is 5.96. The Hall–Kier alpha value is -0.870. The number of hydrogen-bond donors (Lipinski definition) is 1. The minimum absolute atomic E-state index is 0.0790. The molecule has 0 spiro atoms. The molecule has 1 amide bonds. The van der Waals surface area contributed by atoms with E-state index in [2.05, 4.69) is 0 Å². The Morgan fingerprint density at radius 1 is 1.47 bits per heavy atom. The van der Waals surface area contributed by atoms with E-state index in [1.54, 1.807) is 11.3 Å². The molecule has 0 aliphatic carbocycles. The molecule has 0 bridgehead atoms. The zero-order chi connectivity index (χ0) is 13.0. The van der Waals surface area contributed by atoms with Gasteiger partial charge in [0.1, 0.15) is 0 Å². The molecule has 1 N–H and O–H groups in total. The van der Waals surface area contributed by atoms with Crippen molar-refractivity contribution in [3.63, 3.8) is 0 Å². The second-order valence-electron chi connectivity index (χ2n) is 4.50. The lowest BCUT2D eigenvalue weighted by atomic mass is 10.2. The highest BCUT2D eigenvalue weighted by atomic mass is 32.1. The summed E-state index contributed by atoms with van der Waals surface area (Å²) in [6.45, 7) is 8.74. The van der Waals surface area contributed by atoms with Gasteiger partial charge < -0.3 is 10.0 Å². The summed E-state index contributed by atoms with van der Waals surface area (Å²) >= 11 is 1.65. The maximum absolute atomic E-state index is 12.4. The van der Waals surface area contributed by atoms with Gasteiger partial charge in [-0.3, -0.25) is 4.79 Å². The lowest BCUT2D eigenvalue weighted by Gasteiger charge is -2.26. The summed E-state index contributed by atoms with van der Waals surface area (Å²) in [5, 5.41) is 8.87. The molecule has 1 heterocycles. The second kappa shape index (κ2) is 6.17. The molecular formula is C13H21NO2S. The van der Waals surface area contributed by atoms with Gasteiger partial charge in [-0.15, -0.1) is 11.3 Å². The van der Waals surface area contributed by atoms with Crippen molar-refractivity contribution in [2.24, 2.45) is 0 Å². The van der Waals surface area contributed by atoms with Gasteiger partial charge in [0, 0.05) is 28.9 Å². The summed E-state index contributed by atoms with van der Waals surface area (Å²) in [6.07, 6.45) is 0.631. The van der Waals surface area contributed by atoms with E-state index in [9.17, 15) is 4.79 Å². The number of nitrogens with zero attached hydrogens (tertiary/aromatic N) is 1. The third kappa shape index (κ3) is 3.54. The Balaban J connectivity index is 2.87. The molecular weight excluding hydrogens is 234 g/mol. The van der Waals surface area contributed by atoms with Crippen molar-refractivity contribution in [2.75, 3.05) is 13.2 Å². The van der Waals surface area contributed by atoms with Crippen molar-refractivity contribution in [1.29, 1.82) is 0 Å². The van der Waals surface area contributed by atoms with Crippen LogP contribution in [0.4, 0.5) is 0 Å². The first-order valence-corrected chi connectivity index (χ1v) is 6.78. The molecule has 0 aromatic carbocycles. The zero-order valence-electron chi connectivity index (χ0n) is 11.0. The first-order chi connectivity index (χ1) is 7.97. The van der Waals surface area contributed by atoms with E-state index >= 15 is 0 Å². The first kappa shape index (κ1) is 14.2. The molecule has 3 nitrogen and oxygen atoms in total. The Labute approximate surface area is 107 Å². The summed E-state index contributed by atoms with van der Waals surface area (Å²) in [4.78, 5) is 16.4. The molecule has 0 aliphatic heterocycles. The highest BCUT2D eigenvalue weighted by molar-refractivity contribution is 7.12. The fraction of sp³-hybridized carbons (Fsp3) is 0.615. The molecule has 0 aliphatic rings. The first-order valence-electron chi connectivity index (χ1n) is 5.96. The van der Waals surface area contributed by atoms with Crippen LogP contribution in [-0.2, 0) is 0 Å². The minimum Gasteiger partial charge on any atom is -0.396 e. The molecule has 96 valence electrons. The van der Waals surface area contributed by atoms with Crippen LogP contribution in [-0.4, -0.2) is 35.1 Å². The number of carbonyl (C=O) groups is 1. The van der Waals surface area contributed by atoms with E-state index in [0.29, 0.717) is 13.0 Å². The van der Waals surface area contributed by atoms with Crippen LogP contribution in [0.15, 0.2) is 6.07 Å². The van der Waals surface area contributed by atoms with Crippen LogP contribution < -0.4 is 0 Å². The van der Waals surface area contributed by atoms with Gasteiger partial charge in [-0.05, 0) is 40.2 Å². The van der Waals surface area contributed by atoms with Crippen LogP contribution in [0.25, 0.3) is 0 Å². The van der Waals surface area contributed by atoms with Crippen molar-refractivity contribution in [2.45, 2.75) is 40.2 Å². The summed E-state index contributed by atoms with van der Waals surface area (Å²) in [5.41, 5.74) is 0.805. The smallest absolute Gasteiger partial charge is 0.255 e. The zero-order valence-corrected chi connectivity index (χ0v) is 11.8. The largest absolute Gasteiger partial charge is 0.396 e. The van der Waals surface area contributed by atoms with Gasteiger partial charge in [0.2, 0.25) is 0 Å². The van der Waals surface area contributed by atoms with Gasteiger partial charge in [0.15, 0.2) is 0 Å². The van der Waals surface area contributed by atoms with Crippen molar-refractivity contribution >= 4 is 17.2 Å². The standard InChI is InChI=1S/C13H21NO2S/c1-9(2)14(6-5-7-15)13(16)12-8-10(3)17-11(12)4/h8-9,15H,5-7H2,1-4H3. The van der Waals surface area contributed by atoms with Crippen molar-refractivity contribution in [1.82, 2.24) is 4.90 Å². The van der Waals surface area contributed by atoms with Crippen LogP contribution in [0.5, 0.6) is 0 Å². The van der Waals surface area contributed by atoms with Crippen LogP contribution >= 0.6 is 11.3 Å². The van der Waals surface area contributed by atoms with Crippen LogP contribution in [0.2, 0.25) is 0 Å². The molecule has 4 heteroatoms. The number of hydrogen-bond acceptors (Lipinski definition) is 3. The van der Waals surface area contributed by atoms with Crippen LogP contribution in [0.3, 0.4) is 0 Å². The van der Waals surface area contributed by atoms with Gasteiger partial charge in [0.05, 0.1) is 5.56 Å². The third-order valence-corrected chi connectivity index (χ3v) is 3.68. The quantitative estimate of drug-likeness (QED) is 0.878. The number of rotatable bonds is 5. The highest BCUT2D eigenvalue weighted by Gasteiger charge is 2.21. The summed E-state index contributed by atoms with van der Waals surface area (Å²) in [6, 6.07) is 2.12. The Kier molecular flexibility index (Phi) is 5.15. The van der Waals surface area contributed by atoms with Gasteiger partial charge in [-0.1, -0.05) is 0 Å². The van der Waals surface area contributed by atoms with E-state index in [1.807, 2.05) is 38.7 Å². The Bertz CT molecular complexity index is 385. The summed E-state index contributed by atoms with van der Waals surface area (Å²) < 4.78 is 0. The summed E-state index contributed by atoms with van der Waals surface area (Å²) in [7, 11) is 0. The van der Waals surface area contributed by atoms with Crippen LogP contribution in [0, 0.1) is 13.8 Å². The van der Waals surface area contributed by atoms with Crippen LogP contribution in [0.1, 0.15) is 40.4 Å². The minimum atomic E-state index is 0.0790. The predicted octanol–water partition coefficient (Wildman–Crippen LogP) is 2.60. The number of thiophene rings is 1. The van der Waals surface area contributed by atoms with Crippen molar-refractivity contribution in [3.8, 4) is 0 Å². The number of aryl methyl sites for hydroxylation is 2. The molecule has 0 saturated heterocycles. The highest BCUT2D eigenvalue weighted by Crippen LogP contribution is 2.22. The molecule has 0 radical (unpaired) electrons. The monoisotopic (exact) mass is 255 g/mol. The maximum Gasteiger partial charge on any atom is 0.255 e. The number of carbonyl (C=O) groups excluding carboxylic acids is 1. The van der Waals surface area contributed by atoms with E-state index < -0.39 is 0 Å². The average Bonchev–Trinajstić information content (AvgIpc) is 2.57. The number of aliphatic hydroxyl groups excluding tert-OH is 1. The molecule has 0 unspecified atom stereocenters. The number of amides is 1. The lowest BCUT2D eigenvalue weighted by Crippen LogP contribution is -2.38. The Morgan fingerprint density at radius 2 is 2.12 bits per heavy atom. The fourth-order valence-corrected chi connectivity index (χ4v) is 2.75. The van der Waals surface area contributed by atoms with E-state index in [1.165, 1.54) is 0 Å². The third-order valence-electron chi connectivity index (χ3n) is 2.71.